The summed E-state index contributed by atoms with van der Waals surface area (Å²) in [5.41, 5.74) is 0. The van der Waals surface area contributed by atoms with Crippen LogP contribution in [0, 0.1) is 0 Å². The van der Waals surface area contributed by atoms with E-state index >= 15 is 0 Å². The van der Waals surface area contributed by atoms with E-state index < -0.39 is 24.4 Å². The van der Waals surface area contributed by atoms with Crippen LogP contribution in [0.4, 0.5) is 0 Å². The number of carbonyl (C=O) groups is 1. The van der Waals surface area contributed by atoms with Crippen molar-refractivity contribution in [1.82, 2.24) is 0 Å². The number of hydrogen-bond donors (Lipinski definition) is 4. The molecule has 0 aromatic carbocycles. The Morgan fingerprint density at radius 3 is 1.75 bits per heavy atom. The molecule has 6 heteroatoms. The zero-order valence-electron chi connectivity index (χ0n) is 6.49. The molecular weight excluding hydrogens is 232 g/mol. The third-order valence-electron chi connectivity index (χ3n) is 1.33. The first kappa shape index (κ1) is 14.5. The summed E-state index contributed by atoms with van der Waals surface area (Å²) in [5, 5.41) is 35.1. The topological polar surface area (TPSA) is 98.0 Å². The Morgan fingerprint density at radius 2 is 1.50 bits per heavy atom. The van der Waals surface area contributed by atoms with Crippen LogP contribution in [0.1, 0.15) is 6.92 Å². The number of halogens is 1. The molecular formula is C6H13BrO5. The van der Waals surface area contributed by atoms with Crippen LogP contribution in [0.15, 0.2) is 0 Å². The van der Waals surface area contributed by atoms with Gasteiger partial charge < -0.3 is 25.2 Å². The van der Waals surface area contributed by atoms with E-state index in [0.717, 1.165) is 0 Å². The lowest BCUT2D eigenvalue weighted by Crippen LogP contribution is -2.43. The first-order valence-corrected chi connectivity index (χ1v) is 3.18. The van der Waals surface area contributed by atoms with Gasteiger partial charge in [0, 0.05) is 0 Å². The van der Waals surface area contributed by atoms with Gasteiger partial charge in [-0.1, -0.05) is 0 Å². The standard InChI is InChI=1S/C6H12O5.BrH/c1-3(8)5(10)6(11)4(9)2-7;/h2-6,8-11H,1H3;1H/t3-,4+,5+,6-;/m0./s1. The van der Waals surface area contributed by atoms with E-state index in [1.165, 1.54) is 6.92 Å². The molecule has 0 heterocycles. The molecule has 0 radical (unpaired) electrons. The molecule has 0 spiro atoms. The van der Waals surface area contributed by atoms with Gasteiger partial charge >= 0.3 is 0 Å². The smallest absolute Gasteiger partial charge is 0.151 e. The Balaban J connectivity index is 0. The van der Waals surface area contributed by atoms with E-state index in [9.17, 15) is 4.79 Å². The monoisotopic (exact) mass is 244 g/mol. The second kappa shape index (κ2) is 6.50. The number of aliphatic hydroxyl groups is 4. The minimum atomic E-state index is -1.65. The van der Waals surface area contributed by atoms with E-state index in [1.807, 2.05) is 0 Å². The van der Waals surface area contributed by atoms with Crippen molar-refractivity contribution in [3.8, 4) is 0 Å². The second-order valence-electron chi connectivity index (χ2n) is 2.35. The first-order chi connectivity index (χ1) is 5.00. The molecule has 0 rings (SSSR count). The van der Waals surface area contributed by atoms with Gasteiger partial charge in [0.05, 0.1) is 6.10 Å². The van der Waals surface area contributed by atoms with Gasteiger partial charge in [-0.25, -0.2) is 0 Å². The summed E-state index contributed by atoms with van der Waals surface area (Å²) in [6.45, 7) is 1.24. The predicted molar refractivity (Wildman–Crippen MR) is 46.1 cm³/mol. The van der Waals surface area contributed by atoms with Gasteiger partial charge in [0.25, 0.3) is 0 Å². The highest BCUT2D eigenvalue weighted by molar-refractivity contribution is 8.93. The summed E-state index contributed by atoms with van der Waals surface area (Å²) in [4.78, 5) is 9.87. The summed E-state index contributed by atoms with van der Waals surface area (Å²) in [6.07, 6.45) is -5.88. The fourth-order valence-corrected chi connectivity index (χ4v) is 0.568. The zero-order chi connectivity index (χ0) is 9.02. The molecule has 0 aromatic heterocycles. The lowest BCUT2D eigenvalue weighted by molar-refractivity contribution is -0.132. The largest absolute Gasteiger partial charge is 0.391 e. The molecule has 0 fully saturated rings. The molecule has 0 saturated heterocycles. The van der Waals surface area contributed by atoms with Crippen molar-refractivity contribution in [2.75, 3.05) is 0 Å². The van der Waals surface area contributed by atoms with Crippen LogP contribution in [-0.2, 0) is 4.79 Å². The Labute approximate surface area is 80.4 Å². The van der Waals surface area contributed by atoms with Crippen LogP contribution >= 0.6 is 17.0 Å². The fraction of sp³-hybridized carbons (Fsp3) is 0.833. The Morgan fingerprint density at radius 1 is 1.08 bits per heavy atom. The average Bonchev–Trinajstić information content (AvgIpc) is 2.00. The van der Waals surface area contributed by atoms with Gasteiger partial charge in [0.15, 0.2) is 6.29 Å². The predicted octanol–water partition coefficient (Wildman–Crippen LogP) is -1.77. The highest BCUT2D eigenvalue weighted by Gasteiger charge is 2.27. The van der Waals surface area contributed by atoms with Crippen molar-refractivity contribution in [3.05, 3.63) is 0 Å². The maximum absolute atomic E-state index is 9.87. The van der Waals surface area contributed by atoms with Gasteiger partial charge in [-0.15, -0.1) is 17.0 Å². The molecule has 0 unspecified atom stereocenters. The molecule has 74 valence electrons. The van der Waals surface area contributed by atoms with Crippen molar-refractivity contribution in [2.24, 2.45) is 0 Å². The molecule has 0 aliphatic heterocycles. The van der Waals surface area contributed by atoms with E-state index in [0.29, 0.717) is 0 Å². The van der Waals surface area contributed by atoms with Gasteiger partial charge in [-0.3, -0.25) is 0 Å². The van der Waals surface area contributed by atoms with Crippen molar-refractivity contribution in [2.45, 2.75) is 31.3 Å². The maximum Gasteiger partial charge on any atom is 0.151 e. The van der Waals surface area contributed by atoms with E-state index in [1.54, 1.807) is 0 Å². The lowest BCUT2D eigenvalue weighted by atomic mass is 10.1. The summed E-state index contributed by atoms with van der Waals surface area (Å²) in [6, 6.07) is 0. The molecule has 0 amide bonds. The van der Waals surface area contributed by atoms with Crippen molar-refractivity contribution in [1.29, 1.82) is 0 Å². The number of aliphatic hydroxyl groups excluding tert-OH is 4. The summed E-state index contributed by atoms with van der Waals surface area (Å²) in [7, 11) is 0. The number of hydrogen-bond acceptors (Lipinski definition) is 5. The highest BCUT2D eigenvalue weighted by atomic mass is 79.9. The molecule has 5 nitrogen and oxygen atoms in total. The number of carbonyl (C=O) groups excluding carboxylic acids is 1. The van der Waals surface area contributed by atoms with Crippen LogP contribution in [0.3, 0.4) is 0 Å². The van der Waals surface area contributed by atoms with Crippen LogP contribution in [0.5, 0.6) is 0 Å². The molecule has 0 aromatic rings. The van der Waals surface area contributed by atoms with Gasteiger partial charge in [0.1, 0.15) is 18.3 Å². The highest BCUT2D eigenvalue weighted by Crippen LogP contribution is 2.02. The van der Waals surface area contributed by atoms with Crippen LogP contribution in [0.2, 0.25) is 0 Å². The average molecular weight is 245 g/mol. The summed E-state index contributed by atoms with van der Waals surface area (Å²) in [5.74, 6) is 0. The van der Waals surface area contributed by atoms with Gasteiger partial charge in [-0.2, -0.15) is 0 Å². The van der Waals surface area contributed by atoms with Crippen molar-refractivity contribution >= 4 is 23.3 Å². The van der Waals surface area contributed by atoms with Crippen LogP contribution in [-0.4, -0.2) is 51.1 Å². The minimum absolute atomic E-state index is 0. The third kappa shape index (κ3) is 4.13. The maximum atomic E-state index is 9.87. The van der Waals surface area contributed by atoms with E-state index in [2.05, 4.69) is 0 Å². The quantitative estimate of drug-likeness (QED) is 0.439. The molecule has 0 aliphatic carbocycles. The normalized spacial score (nSPS) is 20.1. The minimum Gasteiger partial charge on any atom is -0.391 e. The van der Waals surface area contributed by atoms with E-state index in [4.69, 9.17) is 20.4 Å². The molecule has 0 bridgehead atoms. The molecule has 4 atom stereocenters. The molecule has 0 aliphatic rings. The zero-order valence-corrected chi connectivity index (χ0v) is 8.21. The Kier molecular flexibility index (Phi) is 7.86. The third-order valence-corrected chi connectivity index (χ3v) is 1.33. The molecule has 4 N–H and O–H groups in total. The van der Waals surface area contributed by atoms with E-state index in [-0.39, 0.29) is 23.3 Å². The number of rotatable bonds is 4. The van der Waals surface area contributed by atoms with Crippen molar-refractivity contribution < 1.29 is 25.2 Å². The fourth-order valence-electron chi connectivity index (χ4n) is 0.568. The Hall–Kier alpha value is -0.01000. The Bertz CT molecular complexity index is 129. The van der Waals surface area contributed by atoms with Crippen LogP contribution in [0.25, 0.3) is 0 Å². The SMILES string of the molecule is Br.C[C@H](O)[C@@H](O)[C@@H](O)[C@H](O)C=O. The number of aldehydes is 1. The van der Waals surface area contributed by atoms with Gasteiger partial charge in [-0.05, 0) is 6.92 Å². The first-order valence-electron chi connectivity index (χ1n) is 3.18. The summed E-state index contributed by atoms with van der Waals surface area (Å²) < 4.78 is 0. The second-order valence-corrected chi connectivity index (χ2v) is 2.35. The van der Waals surface area contributed by atoms with Crippen molar-refractivity contribution in [3.63, 3.8) is 0 Å². The summed E-state index contributed by atoms with van der Waals surface area (Å²) >= 11 is 0. The van der Waals surface area contributed by atoms with Crippen LogP contribution < -0.4 is 0 Å². The molecule has 0 saturated carbocycles. The lowest BCUT2D eigenvalue weighted by Gasteiger charge is -2.21. The van der Waals surface area contributed by atoms with Gasteiger partial charge in [0.2, 0.25) is 0 Å². The molecule has 12 heavy (non-hydrogen) atoms.